The van der Waals surface area contributed by atoms with Gasteiger partial charge in [0, 0.05) is 18.1 Å². The first kappa shape index (κ1) is 13.5. The van der Waals surface area contributed by atoms with Gasteiger partial charge in [-0.1, -0.05) is 35.0 Å². The lowest BCUT2D eigenvalue weighted by molar-refractivity contribution is 0.150. The second kappa shape index (κ2) is 6.88. The lowest BCUT2D eigenvalue weighted by Crippen LogP contribution is -2.23. The van der Waals surface area contributed by atoms with E-state index in [-0.39, 0.29) is 13.1 Å². The summed E-state index contributed by atoms with van der Waals surface area (Å²) in [6.45, 7) is 2.20. The van der Waals surface area contributed by atoms with E-state index in [0.29, 0.717) is 10.7 Å². The molecule has 0 fully saturated rings. The highest BCUT2D eigenvalue weighted by molar-refractivity contribution is 6.31. The molecule has 1 aromatic carbocycles. The first-order chi connectivity index (χ1) is 8.13. The van der Waals surface area contributed by atoms with Crippen LogP contribution in [0.1, 0.15) is 12.5 Å². The monoisotopic (exact) mass is 255 g/mol. The number of hydrogen-bond acceptors (Lipinski definition) is 4. The van der Waals surface area contributed by atoms with Gasteiger partial charge < -0.3 is 11.1 Å². The molecular formula is C11H14ClN3O2. The van der Waals surface area contributed by atoms with E-state index >= 15 is 0 Å². The van der Waals surface area contributed by atoms with Gasteiger partial charge in [-0.25, -0.2) is 4.79 Å². The Bertz CT molecular complexity index is 421. The van der Waals surface area contributed by atoms with E-state index < -0.39 is 6.09 Å². The van der Waals surface area contributed by atoms with Crippen LogP contribution >= 0.6 is 11.6 Å². The van der Waals surface area contributed by atoms with Crippen LogP contribution in [0.25, 0.3) is 0 Å². The van der Waals surface area contributed by atoms with Gasteiger partial charge in [0.2, 0.25) is 0 Å². The highest BCUT2D eigenvalue weighted by atomic mass is 35.5. The van der Waals surface area contributed by atoms with Crippen LogP contribution in [-0.4, -0.2) is 18.3 Å². The zero-order chi connectivity index (χ0) is 12.7. The molecule has 0 aliphatic heterocycles. The van der Waals surface area contributed by atoms with Crippen molar-refractivity contribution in [3.63, 3.8) is 0 Å². The number of nitrogens with one attached hydrogen (secondary N) is 1. The Labute approximate surface area is 105 Å². The number of nitrogens with zero attached hydrogens (tertiary/aromatic N) is 1. The number of carbonyl (C=O) groups excluding carboxylic acids is 1. The topological polar surface area (TPSA) is 76.7 Å². The van der Waals surface area contributed by atoms with Gasteiger partial charge >= 0.3 is 6.09 Å². The molecule has 1 rings (SSSR count). The first-order valence-corrected chi connectivity index (χ1v) is 5.43. The maximum Gasteiger partial charge on any atom is 0.433 e. The fourth-order valence-electron chi connectivity index (χ4n) is 0.998. The Balaban J connectivity index is 2.41. The molecule has 0 bridgehead atoms. The van der Waals surface area contributed by atoms with Gasteiger partial charge in [0.05, 0.1) is 5.71 Å². The van der Waals surface area contributed by atoms with E-state index in [2.05, 4.69) is 15.3 Å². The van der Waals surface area contributed by atoms with Crippen LogP contribution in [0.15, 0.2) is 29.4 Å². The van der Waals surface area contributed by atoms with Gasteiger partial charge in [-0.05, 0) is 18.6 Å². The molecule has 0 saturated carbocycles. The van der Waals surface area contributed by atoms with Crippen molar-refractivity contribution >= 4 is 23.4 Å². The van der Waals surface area contributed by atoms with Crippen LogP contribution in [0.3, 0.4) is 0 Å². The number of amides is 1. The van der Waals surface area contributed by atoms with Crippen molar-refractivity contribution in [1.29, 1.82) is 0 Å². The van der Waals surface area contributed by atoms with Gasteiger partial charge in [0.15, 0.2) is 0 Å². The molecule has 0 aromatic heterocycles. The standard InChI is InChI=1S/C11H14ClN3O2/c1-8(6-13)15-17-11(16)14-7-9-4-2-3-5-10(9)12/h2-5H,6-7,13H2,1H3,(H,14,16). The van der Waals surface area contributed by atoms with Crippen molar-refractivity contribution < 1.29 is 9.63 Å². The molecule has 3 N–H and O–H groups in total. The molecule has 1 amide bonds. The third kappa shape index (κ3) is 4.84. The van der Waals surface area contributed by atoms with Crippen LogP contribution in [0.2, 0.25) is 5.02 Å². The van der Waals surface area contributed by atoms with Crippen LogP contribution in [0.5, 0.6) is 0 Å². The Kier molecular flexibility index (Phi) is 5.45. The molecule has 0 heterocycles. The zero-order valence-corrected chi connectivity index (χ0v) is 10.2. The molecule has 5 nitrogen and oxygen atoms in total. The van der Waals surface area contributed by atoms with Gasteiger partial charge in [0.25, 0.3) is 0 Å². The van der Waals surface area contributed by atoms with Crippen LogP contribution in [0.4, 0.5) is 4.79 Å². The third-order valence-corrected chi connectivity index (χ3v) is 2.33. The van der Waals surface area contributed by atoms with Crippen molar-refractivity contribution in [3.8, 4) is 0 Å². The summed E-state index contributed by atoms with van der Waals surface area (Å²) in [5, 5.41) is 6.64. The Morgan fingerprint density at radius 1 is 1.53 bits per heavy atom. The largest absolute Gasteiger partial charge is 0.433 e. The average molecular weight is 256 g/mol. The summed E-state index contributed by atoms with van der Waals surface area (Å²) in [5.41, 5.74) is 6.63. The number of rotatable bonds is 4. The van der Waals surface area contributed by atoms with Gasteiger partial charge in [0.1, 0.15) is 0 Å². The first-order valence-electron chi connectivity index (χ1n) is 5.05. The molecule has 0 saturated heterocycles. The number of nitrogens with two attached hydrogens (primary N) is 1. The number of oxime groups is 1. The van der Waals surface area contributed by atoms with E-state index in [0.717, 1.165) is 5.56 Å². The Hall–Kier alpha value is -1.59. The number of hydrogen-bond donors (Lipinski definition) is 2. The maximum absolute atomic E-state index is 11.2. The van der Waals surface area contributed by atoms with Gasteiger partial charge in [-0.3, -0.25) is 4.84 Å². The Morgan fingerprint density at radius 2 is 2.24 bits per heavy atom. The minimum atomic E-state index is -0.641. The highest BCUT2D eigenvalue weighted by Crippen LogP contribution is 2.14. The van der Waals surface area contributed by atoms with Crippen molar-refractivity contribution in [2.45, 2.75) is 13.5 Å². The highest BCUT2D eigenvalue weighted by Gasteiger charge is 2.03. The third-order valence-electron chi connectivity index (χ3n) is 1.96. The van der Waals surface area contributed by atoms with Crippen molar-refractivity contribution in [2.75, 3.05) is 6.54 Å². The Morgan fingerprint density at radius 3 is 2.88 bits per heavy atom. The predicted octanol–water partition coefficient (Wildman–Crippen LogP) is 1.90. The molecule has 17 heavy (non-hydrogen) atoms. The fourth-order valence-corrected chi connectivity index (χ4v) is 1.20. The molecule has 92 valence electrons. The molecular weight excluding hydrogens is 242 g/mol. The van der Waals surface area contributed by atoms with Crippen molar-refractivity contribution in [3.05, 3.63) is 34.9 Å². The summed E-state index contributed by atoms with van der Waals surface area (Å²) in [6, 6.07) is 7.22. The normalized spacial score (nSPS) is 11.1. The zero-order valence-electron chi connectivity index (χ0n) is 9.44. The smallest absolute Gasteiger partial charge is 0.325 e. The van der Waals surface area contributed by atoms with E-state index in [1.807, 2.05) is 18.2 Å². The van der Waals surface area contributed by atoms with Crippen LogP contribution in [-0.2, 0) is 11.4 Å². The van der Waals surface area contributed by atoms with Gasteiger partial charge in [-0.15, -0.1) is 0 Å². The molecule has 0 atom stereocenters. The minimum Gasteiger partial charge on any atom is -0.325 e. The molecule has 1 aromatic rings. The summed E-state index contributed by atoms with van der Waals surface area (Å²) in [5.74, 6) is 0. The summed E-state index contributed by atoms with van der Waals surface area (Å²) in [6.07, 6.45) is -0.641. The van der Waals surface area contributed by atoms with Crippen molar-refractivity contribution in [1.82, 2.24) is 5.32 Å². The van der Waals surface area contributed by atoms with E-state index in [1.54, 1.807) is 13.0 Å². The predicted molar refractivity (Wildman–Crippen MR) is 66.9 cm³/mol. The summed E-state index contributed by atoms with van der Waals surface area (Å²) in [7, 11) is 0. The molecule has 0 unspecified atom stereocenters. The second-order valence-electron chi connectivity index (χ2n) is 3.35. The SMILES string of the molecule is CC(CN)=NOC(=O)NCc1ccccc1Cl. The second-order valence-corrected chi connectivity index (χ2v) is 3.76. The fraction of sp³-hybridized carbons (Fsp3) is 0.273. The molecule has 0 aliphatic rings. The number of carbonyl (C=O) groups is 1. The average Bonchev–Trinajstić information content (AvgIpc) is 2.35. The minimum absolute atomic E-state index is 0.248. The summed E-state index contributed by atoms with van der Waals surface area (Å²) >= 11 is 5.92. The lowest BCUT2D eigenvalue weighted by Gasteiger charge is -2.05. The van der Waals surface area contributed by atoms with Crippen LogP contribution in [0, 0.1) is 0 Å². The number of benzene rings is 1. The van der Waals surface area contributed by atoms with E-state index in [9.17, 15) is 4.79 Å². The molecule has 0 spiro atoms. The molecule has 0 aliphatic carbocycles. The van der Waals surface area contributed by atoms with E-state index in [1.165, 1.54) is 0 Å². The molecule has 0 radical (unpaired) electrons. The molecule has 6 heteroatoms. The number of halogens is 1. The lowest BCUT2D eigenvalue weighted by atomic mass is 10.2. The maximum atomic E-state index is 11.2. The summed E-state index contributed by atoms with van der Waals surface area (Å²) in [4.78, 5) is 15.8. The van der Waals surface area contributed by atoms with Crippen molar-refractivity contribution in [2.24, 2.45) is 10.9 Å². The quantitative estimate of drug-likeness (QED) is 0.490. The van der Waals surface area contributed by atoms with E-state index in [4.69, 9.17) is 17.3 Å². The van der Waals surface area contributed by atoms with Crippen LogP contribution < -0.4 is 11.1 Å². The summed E-state index contributed by atoms with van der Waals surface area (Å²) < 4.78 is 0. The van der Waals surface area contributed by atoms with Gasteiger partial charge in [-0.2, -0.15) is 0 Å².